The maximum atomic E-state index is 14.2. The molecule has 2 aliphatic rings. The van der Waals surface area contributed by atoms with Gasteiger partial charge in [-0.15, -0.1) is 0 Å². The maximum absolute atomic E-state index is 14.2. The van der Waals surface area contributed by atoms with E-state index in [4.69, 9.17) is 0 Å². The van der Waals surface area contributed by atoms with Crippen LogP contribution in [0.25, 0.3) is 0 Å². The van der Waals surface area contributed by atoms with Crippen LogP contribution in [0.1, 0.15) is 0 Å². The van der Waals surface area contributed by atoms with Gasteiger partial charge in [-0.3, -0.25) is 9.47 Å². The van der Waals surface area contributed by atoms with Gasteiger partial charge in [-0.1, -0.05) is 0 Å². The van der Waals surface area contributed by atoms with E-state index >= 15 is 0 Å². The number of hydrogen-bond acceptors (Lipinski definition) is 3. The van der Waals surface area contributed by atoms with Crippen molar-refractivity contribution in [2.75, 3.05) is 0 Å². The molecule has 0 saturated carbocycles. The van der Waals surface area contributed by atoms with E-state index < -0.39 is 71.3 Å². The summed E-state index contributed by atoms with van der Waals surface area (Å²) in [6, 6.07) is 0. The molecule has 2 aliphatic heterocycles. The zero-order chi connectivity index (χ0) is 26.4. The second-order valence-corrected chi connectivity index (χ2v) is 6.04. The minimum atomic E-state index is -7.78. The average Bonchev–Trinajstić information content (AvgIpc) is 3.31. The first-order valence-electron chi connectivity index (χ1n) is 7.13. The van der Waals surface area contributed by atoms with Crippen molar-refractivity contribution in [3.8, 4) is 0 Å². The third-order valence-electron chi connectivity index (χ3n) is 4.16. The van der Waals surface area contributed by atoms with Gasteiger partial charge in [0.05, 0.1) is 0 Å². The molecule has 0 aromatic rings. The van der Waals surface area contributed by atoms with E-state index in [1.165, 1.54) is 0 Å². The van der Waals surface area contributed by atoms with Crippen molar-refractivity contribution in [1.82, 2.24) is 0 Å². The number of ether oxygens (including phenoxy) is 3. The summed E-state index contributed by atoms with van der Waals surface area (Å²) in [6.07, 6.45) is -37.4. The minimum Gasteiger partial charge on any atom is -0.326 e. The molecule has 0 amide bonds. The molecule has 2 saturated heterocycles. The van der Waals surface area contributed by atoms with Crippen LogP contribution in [0.15, 0.2) is 23.8 Å². The Morgan fingerprint density at radius 3 is 0.848 bits per heavy atom. The monoisotopic (exact) mass is 534 g/mol. The lowest BCUT2D eigenvalue weighted by molar-refractivity contribution is -0.400. The maximum Gasteiger partial charge on any atom is 0.430 e. The van der Waals surface area contributed by atoms with Crippen LogP contribution in [-0.2, 0) is 14.2 Å². The lowest BCUT2D eigenvalue weighted by Crippen LogP contribution is -2.70. The van der Waals surface area contributed by atoms with Gasteiger partial charge in [0.15, 0.2) is 0 Å². The summed E-state index contributed by atoms with van der Waals surface area (Å²) in [6.45, 7) is 0. The van der Waals surface area contributed by atoms with Crippen LogP contribution in [0.5, 0.6) is 0 Å². The van der Waals surface area contributed by atoms with Gasteiger partial charge in [0.1, 0.15) is 0 Å². The van der Waals surface area contributed by atoms with Crippen molar-refractivity contribution in [2.24, 2.45) is 0 Å². The van der Waals surface area contributed by atoms with Crippen molar-refractivity contribution >= 4 is 0 Å². The smallest absolute Gasteiger partial charge is 0.326 e. The second kappa shape index (κ2) is 6.83. The predicted octanol–water partition coefficient (Wildman–Crippen LogP) is 6.34. The molecule has 0 N–H and O–H groups in total. The highest BCUT2D eigenvalue weighted by Crippen LogP contribution is 2.72. The SMILES string of the molecule is FC(F)=C(F)C(OC(C(F)=C(F)F)(C(F)(F)F)C1(F)OC1(F)F)(C(F)(F)F)C1(F)OC1(F)F. The number of hydrogen-bond donors (Lipinski definition) is 0. The first kappa shape index (κ1) is 27.3. The summed E-state index contributed by atoms with van der Waals surface area (Å²) < 4.78 is 246. The molecule has 21 heteroatoms. The summed E-state index contributed by atoms with van der Waals surface area (Å²) in [5.41, 5.74) is -14.8. The summed E-state index contributed by atoms with van der Waals surface area (Å²) in [5, 5.41) is 0. The van der Waals surface area contributed by atoms with Crippen LogP contribution in [0.4, 0.5) is 79.0 Å². The van der Waals surface area contributed by atoms with Crippen molar-refractivity contribution in [2.45, 2.75) is 47.5 Å². The normalized spacial score (nSPS) is 31.8. The average molecular weight is 534 g/mol. The fraction of sp³-hybridized carbons (Fsp3) is 0.667. The predicted molar refractivity (Wildman–Crippen MR) is 59.1 cm³/mol. The topological polar surface area (TPSA) is 34.3 Å². The molecule has 0 aromatic carbocycles. The van der Waals surface area contributed by atoms with Crippen LogP contribution in [0.3, 0.4) is 0 Å². The fourth-order valence-corrected chi connectivity index (χ4v) is 2.58. The van der Waals surface area contributed by atoms with Gasteiger partial charge < -0.3 is 4.74 Å². The summed E-state index contributed by atoms with van der Waals surface area (Å²) in [5.74, 6) is -23.0. The number of halogens is 18. The van der Waals surface area contributed by atoms with Crippen molar-refractivity contribution in [3.05, 3.63) is 23.8 Å². The Morgan fingerprint density at radius 2 is 0.727 bits per heavy atom. The van der Waals surface area contributed by atoms with E-state index in [1.807, 2.05) is 0 Å². The molecule has 33 heavy (non-hydrogen) atoms. The third-order valence-corrected chi connectivity index (χ3v) is 4.16. The third kappa shape index (κ3) is 3.21. The summed E-state index contributed by atoms with van der Waals surface area (Å²) in [4.78, 5) is 0. The van der Waals surface area contributed by atoms with Gasteiger partial charge >= 0.3 is 48.4 Å². The van der Waals surface area contributed by atoms with Gasteiger partial charge in [-0.2, -0.15) is 70.2 Å². The van der Waals surface area contributed by atoms with Crippen LogP contribution < -0.4 is 0 Å². The first-order chi connectivity index (χ1) is 14.3. The molecule has 4 unspecified atom stereocenters. The van der Waals surface area contributed by atoms with Crippen molar-refractivity contribution < 1.29 is 93.2 Å². The Hall–Kier alpha value is -1.90. The Morgan fingerprint density at radius 1 is 0.515 bits per heavy atom. The van der Waals surface area contributed by atoms with Gasteiger partial charge in [-0.25, -0.2) is 8.78 Å². The molecule has 0 aromatic heterocycles. The quantitative estimate of drug-likeness (QED) is 0.295. The number of epoxide rings is 2. The first-order valence-corrected chi connectivity index (χ1v) is 7.13. The highest BCUT2D eigenvalue weighted by Gasteiger charge is 3.01. The highest BCUT2D eigenvalue weighted by atomic mass is 19.4. The van der Waals surface area contributed by atoms with Crippen molar-refractivity contribution in [3.63, 3.8) is 0 Å². The van der Waals surface area contributed by atoms with E-state index in [1.54, 1.807) is 0 Å². The molecule has 0 radical (unpaired) electrons. The standard InChI is InChI=1S/C12F18O3/c13-1(3(15)16)5(9(21,22)23,7(19)11(27,28)32-7)31-6(10(24,25)26,2(14)4(17)18)8(20)12(29,30)33-8. The van der Waals surface area contributed by atoms with E-state index in [2.05, 4.69) is 14.2 Å². The highest BCUT2D eigenvalue weighted by molar-refractivity contribution is 5.34. The Labute approximate surface area is 166 Å². The Bertz CT molecular complexity index is 824. The van der Waals surface area contributed by atoms with E-state index in [-0.39, 0.29) is 0 Å². The van der Waals surface area contributed by atoms with Crippen molar-refractivity contribution in [1.29, 1.82) is 0 Å². The molecule has 2 rings (SSSR count). The Kier molecular flexibility index (Phi) is 5.66. The van der Waals surface area contributed by atoms with Crippen LogP contribution in [0, 0.1) is 0 Å². The zero-order valence-electron chi connectivity index (χ0n) is 14.0. The van der Waals surface area contributed by atoms with Crippen LogP contribution >= 0.6 is 0 Å². The Balaban J connectivity index is 3.10. The van der Waals surface area contributed by atoms with Gasteiger partial charge in [0.2, 0.25) is 11.7 Å². The zero-order valence-corrected chi connectivity index (χ0v) is 14.0. The molecular weight excluding hydrogens is 534 g/mol. The van der Waals surface area contributed by atoms with E-state index in [9.17, 15) is 79.0 Å². The molecular formula is C12F18O3. The molecule has 0 bridgehead atoms. The van der Waals surface area contributed by atoms with Crippen LogP contribution in [0.2, 0.25) is 0 Å². The largest absolute Gasteiger partial charge is 0.430 e. The van der Waals surface area contributed by atoms with E-state index in [0.29, 0.717) is 0 Å². The van der Waals surface area contributed by atoms with Gasteiger partial charge in [0, 0.05) is 0 Å². The minimum absolute atomic E-state index is 2.29. The molecule has 3 nitrogen and oxygen atoms in total. The van der Waals surface area contributed by atoms with Crippen LogP contribution in [-0.4, -0.2) is 47.5 Å². The van der Waals surface area contributed by atoms with E-state index in [0.717, 1.165) is 0 Å². The molecule has 2 fully saturated rings. The number of alkyl halides is 12. The molecule has 192 valence electrons. The second-order valence-electron chi connectivity index (χ2n) is 6.04. The van der Waals surface area contributed by atoms with Gasteiger partial charge in [0.25, 0.3) is 11.2 Å². The summed E-state index contributed by atoms with van der Waals surface area (Å²) >= 11 is 0. The number of rotatable bonds is 6. The molecule has 2 heterocycles. The summed E-state index contributed by atoms with van der Waals surface area (Å²) in [7, 11) is 0. The molecule has 0 aliphatic carbocycles. The fourth-order valence-electron chi connectivity index (χ4n) is 2.58. The lowest BCUT2D eigenvalue weighted by atomic mass is 9.88. The van der Waals surface area contributed by atoms with Gasteiger partial charge in [-0.05, 0) is 0 Å². The lowest BCUT2D eigenvalue weighted by Gasteiger charge is -2.43. The molecule has 4 atom stereocenters. The molecule has 0 spiro atoms.